The summed E-state index contributed by atoms with van der Waals surface area (Å²) in [6.07, 6.45) is 8.10. The molecule has 1 N–H and O–H groups in total. The first-order chi connectivity index (χ1) is 8.69. The Morgan fingerprint density at radius 1 is 1.28 bits per heavy atom. The van der Waals surface area contributed by atoms with Gasteiger partial charge in [0.25, 0.3) is 0 Å². The second-order valence-electron chi connectivity index (χ2n) is 4.63. The standard InChI is InChI=1S/C14H20N4/c1-4-5-6-18-10-12(3)16-14(18)17-13-7-11(2)8-15-9-13/h7-10H,4-6H2,1-3H3,(H,16,17). The van der Waals surface area contributed by atoms with Crippen molar-refractivity contribution < 1.29 is 0 Å². The molecule has 0 amide bonds. The van der Waals surface area contributed by atoms with Crippen molar-refractivity contribution in [3.8, 4) is 0 Å². The van der Waals surface area contributed by atoms with Gasteiger partial charge < -0.3 is 9.88 Å². The Morgan fingerprint density at radius 2 is 2.11 bits per heavy atom. The zero-order chi connectivity index (χ0) is 13.0. The van der Waals surface area contributed by atoms with E-state index in [1.54, 1.807) is 0 Å². The van der Waals surface area contributed by atoms with Crippen molar-refractivity contribution in [1.82, 2.24) is 14.5 Å². The van der Waals surface area contributed by atoms with E-state index >= 15 is 0 Å². The van der Waals surface area contributed by atoms with Crippen molar-refractivity contribution in [3.63, 3.8) is 0 Å². The van der Waals surface area contributed by atoms with Crippen molar-refractivity contribution in [3.05, 3.63) is 35.9 Å². The van der Waals surface area contributed by atoms with E-state index in [1.807, 2.05) is 26.2 Å². The molecule has 18 heavy (non-hydrogen) atoms. The van der Waals surface area contributed by atoms with Crippen LogP contribution in [0.4, 0.5) is 11.6 Å². The Hall–Kier alpha value is -1.84. The molecule has 2 aromatic heterocycles. The summed E-state index contributed by atoms with van der Waals surface area (Å²) in [5.74, 6) is 0.897. The zero-order valence-electron chi connectivity index (χ0n) is 11.3. The molecule has 0 aliphatic heterocycles. The lowest BCUT2D eigenvalue weighted by Gasteiger charge is -2.09. The van der Waals surface area contributed by atoms with E-state index in [4.69, 9.17) is 0 Å². The molecule has 0 fully saturated rings. The number of nitrogens with one attached hydrogen (secondary N) is 1. The highest BCUT2D eigenvalue weighted by molar-refractivity contribution is 5.53. The van der Waals surface area contributed by atoms with Crippen LogP contribution in [0.5, 0.6) is 0 Å². The van der Waals surface area contributed by atoms with E-state index < -0.39 is 0 Å². The lowest BCUT2D eigenvalue weighted by molar-refractivity contribution is 0.637. The summed E-state index contributed by atoms with van der Waals surface area (Å²) in [7, 11) is 0. The van der Waals surface area contributed by atoms with Gasteiger partial charge in [0.05, 0.1) is 17.6 Å². The van der Waals surface area contributed by atoms with Crippen LogP contribution >= 0.6 is 0 Å². The third-order valence-electron chi connectivity index (χ3n) is 2.78. The van der Waals surface area contributed by atoms with Crippen LogP contribution in [0.25, 0.3) is 0 Å². The minimum absolute atomic E-state index is 0.897. The Kier molecular flexibility index (Phi) is 3.97. The van der Waals surface area contributed by atoms with Crippen LogP contribution in [0.2, 0.25) is 0 Å². The maximum absolute atomic E-state index is 4.51. The topological polar surface area (TPSA) is 42.7 Å². The highest BCUT2D eigenvalue weighted by Crippen LogP contribution is 2.17. The summed E-state index contributed by atoms with van der Waals surface area (Å²) in [6, 6.07) is 2.07. The van der Waals surface area contributed by atoms with Crippen LogP contribution in [0.1, 0.15) is 31.0 Å². The van der Waals surface area contributed by atoms with Gasteiger partial charge in [-0.1, -0.05) is 13.3 Å². The number of imidazole rings is 1. The lowest BCUT2D eigenvalue weighted by atomic mass is 10.3. The van der Waals surface area contributed by atoms with E-state index in [0.717, 1.165) is 35.9 Å². The minimum atomic E-state index is 0.897. The van der Waals surface area contributed by atoms with Crippen LogP contribution < -0.4 is 5.32 Å². The number of unbranched alkanes of at least 4 members (excludes halogenated alkanes) is 1. The fourth-order valence-corrected chi connectivity index (χ4v) is 1.90. The summed E-state index contributed by atoms with van der Waals surface area (Å²) >= 11 is 0. The molecule has 0 saturated heterocycles. The van der Waals surface area contributed by atoms with Gasteiger partial charge in [-0.2, -0.15) is 0 Å². The van der Waals surface area contributed by atoms with Gasteiger partial charge in [-0.15, -0.1) is 0 Å². The number of anilines is 2. The number of rotatable bonds is 5. The number of pyridine rings is 1. The third kappa shape index (κ3) is 3.09. The van der Waals surface area contributed by atoms with Crippen molar-refractivity contribution in [1.29, 1.82) is 0 Å². The molecule has 4 nitrogen and oxygen atoms in total. The summed E-state index contributed by atoms with van der Waals surface area (Å²) in [6.45, 7) is 7.25. The molecule has 2 rings (SSSR count). The first-order valence-corrected chi connectivity index (χ1v) is 6.41. The zero-order valence-corrected chi connectivity index (χ0v) is 11.3. The Balaban J connectivity index is 2.17. The fraction of sp³-hybridized carbons (Fsp3) is 0.429. The van der Waals surface area contributed by atoms with Gasteiger partial charge in [-0.05, 0) is 31.9 Å². The van der Waals surface area contributed by atoms with Crippen molar-refractivity contribution >= 4 is 11.6 Å². The summed E-state index contributed by atoms with van der Waals surface area (Å²) in [5.41, 5.74) is 3.16. The molecule has 0 aliphatic carbocycles. The molecule has 0 atom stereocenters. The SMILES string of the molecule is CCCCn1cc(C)nc1Nc1cncc(C)c1. The molecule has 0 aromatic carbocycles. The summed E-state index contributed by atoms with van der Waals surface area (Å²) < 4.78 is 2.17. The smallest absolute Gasteiger partial charge is 0.207 e. The maximum atomic E-state index is 4.51. The third-order valence-corrected chi connectivity index (χ3v) is 2.78. The predicted octanol–water partition coefficient (Wildman–Crippen LogP) is 3.44. The molecule has 2 heterocycles. The van der Waals surface area contributed by atoms with E-state index in [1.165, 1.54) is 6.42 Å². The molecule has 0 saturated carbocycles. The van der Waals surface area contributed by atoms with Crippen molar-refractivity contribution in [2.45, 2.75) is 40.2 Å². The first-order valence-electron chi connectivity index (χ1n) is 6.41. The van der Waals surface area contributed by atoms with Crippen LogP contribution in [0, 0.1) is 13.8 Å². The number of hydrogen-bond acceptors (Lipinski definition) is 3. The Bertz CT molecular complexity index is 516. The van der Waals surface area contributed by atoms with Gasteiger partial charge in [-0.3, -0.25) is 4.98 Å². The molecule has 0 aliphatic rings. The molecule has 4 heteroatoms. The average Bonchev–Trinajstić information content (AvgIpc) is 2.67. The quantitative estimate of drug-likeness (QED) is 0.876. The van der Waals surface area contributed by atoms with Gasteiger partial charge in [-0.25, -0.2) is 4.98 Å². The molecular formula is C14H20N4. The predicted molar refractivity (Wildman–Crippen MR) is 74.1 cm³/mol. The van der Waals surface area contributed by atoms with E-state index in [0.29, 0.717) is 0 Å². The van der Waals surface area contributed by atoms with Crippen LogP contribution in [0.3, 0.4) is 0 Å². The monoisotopic (exact) mass is 244 g/mol. The van der Waals surface area contributed by atoms with E-state index in [-0.39, 0.29) is 0 Å². The van der Waals surface area contributed by atoms with Gasteiger partial charge in [0.2, 0.25) is 5.95 Å². The van der Waals surface area contributed by atoms with Crippen molar-refractivity contribution in [2.75, 3.05) is 5.32 Å². The highest BCUT2D eigenvalue weighted by Gasteiger charge is 2.05. The minimum Gasteiger partial charge on any atom is -0.324 e. The number of aromatic nitrogens is 3. The first kappa shape index (κ1) is 12.6. The van der Waals surface area contributed by atoms with Gasteiger partial charge in [0.1, 0.15) is 0 Å². The summed E-state index contributed by atoms with van der Waals surface area (Å²) in [4.78, 5) is 8.69. The van der Waals surface area contributed by atoms with E-state index in [9.17, 15) is 0 Å². The summed E-state index contributed by atoms with van der Waals surface area (Å²) in [5, 5.41) is 3.33. The molecule has 96 valence electrons. The fourth-order valence-electron chi connectivity index (χ4n) is 1.90. The van der Waals surface area contributed by atoms with Crippen LogP contribution in [0.15, 0.2) is 24.7 Å². The Morgan fingerprint density at radius 3 is 2.83 bits per heavy atom. The molecule has 0 radical (unpaired) electrons. The second kappa shape index (κ2) is 5.67. The van der Waals surface area contributed by atoms with Crippen molar-refractivity contribution in [2.24, 2.45) is 0 Å². The molecular weight excluding hydrogens is 224 g/mol. The van der Waals surface area contributed by atoms with Crippen LogP contribution in [-0.2, 0) is 6.54 Å². The second-order valence-corrected chi connectivity index (χ2v) is 4.63. The Labute approximate surface area is 108 Å². The van der Waals surface area contributed by atoms with Crippen LogP contribution in [-0.4, -0.2) is 14.5 Å². The van der Waals surface area contributed by atoms with Gasteiger partial charge in [0, 0.05) is 18.9 Å². The number of hydrogen-bond donors (Lipinski definition) is 1. The molecule has 2 aromatic rings. The number of nitrogens with zero attached hydrogens (tertiary/aromatic N) is 3. The maximum Gasteiger partial charge on any atom is 0.207 e. The molecule has 0 spiro atoms. The average molecular weight is 244 g/mol. The molecule has 0 unspecified atom stereocenters. The largest absolute Gasteiger partial charge is 0.324 e. The van der Waals surface area contributed by atoms with Gasteiger partial charge >= 0.3 is 0 Å². The molecule has 0 bridgehead atoms. The lowest BCUT2D eigenvalue weighted by Crippen LogP contribution is -2.03. The van der Waals surface area contributed by atoms with Gasteiger partial charge in [0.15, 0.2) is 0 Å². The van der Waals surface area contributed by atoms with E-state index in [2.05, 4.69) is 39.0 Å². The normalized spacial score (nSPS) is 10.6. The number of aryl methyl sites for hydroxylation is 3. The highest BCUT2D eigenvalue weighted by atomic mass is 15.2.